The van der Waals surface area contributed by atoms with Crippen LogP contribution < -0.4 is 5.32 Å². The Morgan fingerprint density at radius 2 is 0.739 bits per heavy atom. The van der Waals surface area contributed by atoms with Gasteiger partial charge in [-0.25, -0.2) is 0 Å². The van der Waals surface area contributed by atoms with Gasteiger partial charge in [-0.1, -0.05) is 288 Å². The van der Waals surface area contributed by atoms with Crippen LogP contribution in [0.2, 0.25) is 0 Å². The molecule has 0 fully saturated rings. The molecule has 0 saturated carbocycles. The minimum absolute atomic E-state index is 0.0674. The van der Waals surface area contributed by atoms with Gasteiger partial charge in [0.05, 0.1) is 25.2 Å². The van der Waals surface area contributed by atoms with Crippen LogP contribution in [-0.2, 0) is 14.3 Å². The van der Waals surface area contributed by atoms with Gasteiger partial charge in [0.15, 0.2) is 0 Å². The van der Waals surface area contributed by atoms with Gasteiger partial charge in [-0.05, 0) is 64.2 Å². The molecule has 3 N–H and O–H groups in total. The van der Waals surface area contributed by atoms with Crippen molar-refractivity contribution in [1.29, 1.82) is 0 Å². The Labute approximate surface area is 430 Å². The smallest absolute Gasteiger partial charge is 0.306 e. The van der Waals surface area contributed by atoms with Crippen LogP contribution in [0.25, 0.3) is 0 Å². The van der Waals surface area contributed by atoms with Crippen LogP contribution in [0.3, 0.4) is 0 Å². The average molecular weight is 971 g/mol. The highest BCUT2D eigenvalue weighted by Gasteiger charge is 2.24. The molecule has 0 aromatic carbocycles. The van der Waals surface area contributed by atoms with Crippen LogP contribution in [0, 0.1) is 0 Å². The number of nitrogens with one attached hydrogen (secondary N) is 1. The van der Waals surface area contributed by atoms with Crippen molar-refractivity contribution in [1.82, 2.24) is 5.32 Å². The maximum atomic E-state index is 13.3. The summed E-state index contributed by atoms with van der Waals surface area (Å²) in [7, 11) is 0. The zero-order chi connectivity index (χ0) is 50.2. The number of amides is 1. The van der Waals surface area contributed by atoms with Gasteiger partial charge in [-0.2, -0.15) is 0 Å². The third-order valence-electron chi connectivity index (χ3n) is 14.2. The van der Waals surface area contributed by atoms with E-state index in [-0.39, 0.29) is 24.9 Å². The second-order valence-corrected chi connectivity index (χ2v) is 21.1. The highest BCUT2D eigenvalue weighted by molar-refractivity contribution is 5.77. The van der Waals surface area contributed by atoms with E-state index < -0.39 is 18.2 Å². The highest BCUT2D eigenvalue weighted by atomic mass is 16.5. The standard InChI is InChI=1S/C63H119NO5/c1-4-7-10-13-16-19-22-25-28-30-31-33-35-38-41-44-47-50-53-56-63(68)69-59(54-51-48-45-42-39-36-34-32-29-26-23-20-17-14-11-8-5-2)57-62(67)64-60(58-65)61(66)55-52-49-46-43-40-37-27-24-21-18-15-12-9-6-3/h17,20,26,29,34,36,59-61,65-66H,4-16,18-19,21-25,27-28,30-33,35,37-58H2,1-3H3,(H,64,67)/b20-17-,29-26-,36-34-. The fourth-order valence-corrected chi connectivity index (χ4v) is 9.56. The molecule has 0 aliphatic carbocycles. The Bertz CT molecular complexity index is 1130. The lowest BCUT2D eigenvalue weighted by Gasteiger charge is -2.24. The molecule has 1 amide bonds. The zero-order valence-corrected chi connectivity index (χ0v) is 46.5. The van der Waals surface area contributed by atoms with E-state index in [2.05, 4.69) is 62.5 Å². The molecule has 3 unspecified atom stereocenters. The molecule has 0 heterocycles. The first kappa shape index (κ1) is 67.1. The molecular weight excluding hydrogens is 851 g/mol. The van der Waals surface area contributed by atoms with Crippen molar-refractivity contribution in [2.24, 2.45) is 0 Å². The van der Waals surface area contributed by atoms with Crippen LogP contribution in [0.5, 0.6) is 0 Å². The summed E-state index contributed by atoms with van der Waals surface area (Å²) in [6.07, 6.45) is 69.3. The number of carbonyl (C=O) groups is 2. The summed E-state index contributed by atoms with van der Waals surface area (Å²) in [6, 6.07) is -0.707. The predicted molar refractivity (Wildman–Crippen MR) is 301 cm³/mol. The lowest BCUT2D eigenvalue weighted by molar-refractivity contribution is -0.151. The number of aliphatic hydroxyl groups is 2. The molecule has 0 radical (unpaired) electrons. The van der Waals surface area contributed by atoms with E-state index in [1.54, 1.807) is 0 Å². The van der Waals surface area contributed by atoms with Crippen LogP contribution in [0.1, 0.15) is 329 Å². The van der Waals surface area contributed by atoms with Crippen LogP contribution >= 0.6 is 0 Å². The molecule has 0 aliphatic rings. The number of ether oxygens (including phenoxy) is 1. The summed E-state index contributed by atoms with van der Waals surface area (Å²) in [5.74, 6) is -0.476. The van der Waals surface area contributed by atoms with Gasteiger partial charge in [0.25, 0.3) is 0 Å². The molecule has 0 saturated heterocycles. The number of rotatable bonds is 56. The second kappa shape index (κ2) is 57.0. The molecule has 0 aliphatic heterocycles. The molecular formula is C63H119NO5. The molecule has 6 nitrogen and oxygen atoms in total. The summed E-state index contributed by atoms with van der Waals surface area (Å²) in [5.41, 5.74) is 0. The molecule has 6 heteroatoms. The minimum atomic E-state index is -0.793. The Morgan fingerprint density at radius 3 is 1.14 bits per heavy atom. The van der Waals surface area contributed by atoms with E-state index in [9.17, 15) is 19.8 Å². The lowest BCUT2D eigenvalue weighted by atomic mass is 10.0. The molecule has 0 rings (SSSR count). The fourth-order valence-electron chi connectivity index (χ4n) is 9.56. The molecule has 406 valence electrons. The topological polar surface area (TPSA) is 95.9 Å². The predicted octanol–water partition coefficient (Wildman–Crippen LogP) is 19.2. The summed E-state index contributed by atoms with van der Waals surface area (Å²) in [6.45, 7) is 6.50. The highest BCUT2D eigenvalue weighted by Crippen LogP contribution is 2.19. The normalized spacial score (nSPS) is 13.3. The van der Waals surface area contributed by atoms with E-state index in [4.69, 9.17) is 4.74 Å². The van der Waals surface area contributed by atoms with E-state index in [1.807, 2.05) is 0 Å². The van der Waals surface area contributed by atoms with Gasteiger partial charge in [0.2, 0.25) is 5.91 Å². The lowest BCUT2D eigenvalue weighted by Crippen LogP contribution is -2.46. The number of carbonyl (C=O) groups excluding carboxylic acids is 2. The summed E-state index contributed by atoms with van der Waals surface area (Å²) >= 11 is 0. The summed E-state index contributed by atoms with van der Waals surface area (Å²) in [5, 5.41) is 23.9. The zero-order valence-electron chi connectivity index (χ0n) is 46.5. The third-order valence-corrected chi connectivity index (χ3v) is 14.2. The van der Waals surface area contributed by atoms with Crippen molar-refractivity contribution in [2.75, 3.05) is 6.61 Å². The molecule has 3 atom stereocenters. The van der Waals surface area contributed by atoms with Crippen molar-refractivity contribution in [3.8, 4) is 0 Å². The third kappa shape index (κ3) is 52.2. The maximum absolute atomic E-state index is 13.3. The number of allylic oxidation sites excluding steroid dienone is 6. The largest absolute Gasteiger partial charge is 0.462 e. The fraction of sp³-hybridized carbons (Fsp3) is 0.873. The van der Waals surface area contributed by atoms with Crippen LogP contribution in [0.15, 0.2) is 36.5 Å². The molecule has 69 heavy (non-hydrogen) atoms. The van der Waals surface area contributed by atoms with Crippen molar-refractivity contribution in [3.05, 3.63) is 36.5 Å². The number of hydrogen-bond donors (Lipinski definition) is 3. The van der Waals surface area contributed by atoms with E-state index in [1.165, 1.54) is 205 Å². The number of hydrogen-bond acceptors (Lipinski definition) is 5. The van der Waals surface area contributed by atoms with Crippen molar-refractivity contribution >= 4 is 11.9 Å². The van der Waals surface area contributed by atoms with Crippen molar-refractivity contribution in [3.63, 3.8) is 0 Å². The van der Waals surface area contributed by atoms with Gasteiger partial charge >= 0.3 is 5.97 Å². The van der Waals surface area contributed by atoms with Crippen molar-refractivity contribution in [2.45, 2.75) is 347 Å². The maximum Gasteiger partial charge on any atom is 0.306 e. The quantitative estimate of drug-likeness (QED) is 0.0321. The van der Waals surface area contributed by atoms with E-state index in [0.717, 1.165) is 77.0 Å². The van der Waals surface area contributed by atoms with Gasteiger partial charge in [0, 0.05) is 6.42 Å². The second-order valence-electron chi connectivity index (χ2n) is 21.1. The number of unbranched alkanes of at least 4 members (excludes halogenated alkanes) is 38. The van der Waals surface area contributed by atoms with Crippen LogP contribution in [0.4, 0.5) is 0 Å². The Morgan fingerprint density at radius 1 is 0.420 bits per heavy atom. The minimum Gasteiger partial charge on any atom is -0.462 e. The first-order valence-corrected chi connectivity index (χ1v) is 30.7. The molecule has 0 bridgehead atoms. The molecule has 0 aromatic heterocycles. The first-order chi connectivity index (χ1) is 34.0. The Balaban J connectivity index is 4.55. The van der Waals surface area contributed by atoms with Gasteiger partial charge in [-0.3, -0.25) is 9.59 Å². The first-order valence-electron chi connectivity index (χ1n) is 30.7. The SMILES string of the molecule is CCCCC/C=C\C/C=C\C/C=C\CCCCCCC(CC(=O)NC(CO)C(O)CCCCCCCCCCCCCCCC)OC(=O)CCCCCCCCCCCCCCCCCCCCC. The van der Waals surface area contributed by atoms with E-state index >= 15 is 0 Å². The summed E-state index contributed by atoms with van der Waals surface area (Å²) < 4.78 is 5.97. The molecule has 0 spiro atoms. The number of esters is 1. The monoisotopic (exact) mass is 970 g/mol. The van der Waals surface area contributed by atoms with Gasteiger partial charge in [0.1, 0.15) is 6.10 Å². The van der Waals surface area contributed by atoms with Gasteiger partial charge < -0.3 is 20.3 Å². The summed E-state index contributed by atoms with van der Waals surface area (Å²) in [4.78, 5) is 26.3. The Hall–Kier alpha value is -1.92. The van der Waals surface area contributed by atoms with Gasteiger partial charge in [-0.15, -0.1) is 0 Å². The Kier molecular flexibility index (Phi) is 55.4. The molecule has 0 aromatic rings. The van der Waals surface area contributed by atoms with Crippen LogP contribution in [-0.4, -0.2) is 46.9 Å². The average Bonchev–Trinajstić information content (AvgIpc) is 3.34. The van der Waals surface area contributed by atoms with Crippen molar-refractivity contribution < 1.29 is 24.5 Å². The van der Waals surface area contributed by atoms with E-state index in [0.29, 0.717) is 19.3 Å². The number of aliphatic hydroxyl groups excluding tert-OH is 2.